The normalized spacial score (nSPS) is 14.0. The van der Waals surface area contributed by atoms with Crippen LogP contribution in [0.3, 0.4) is 0 Å². The number of rotatable bonds is 31. The van der Waals surface area contributed by atoms with Gasteiger partial charge in [-0.1, -0.05) is 26.2 Å². The molecule has 0 saturated carbocycles. The summed E-state index contributed by atoms with van der Waals surface area (Å²) in [5.74, 6) is 1.000. The topological polar surface area (TPSA) is 254 Å². The van der Waals surface area contributed by atoms with Crippen LogP contribution < -0.4 is 37.9 Å². The number of nitro benzene ring substituents is 1. The molecule has 1 unspecified atom stereocenters. The number of benzene rings is 3. The zero-order valence-corrected chi connectivity index (χ0v) is 54.3. The van der Waals surface area contributed by atoms with Crippen molar-refractivity contribution in [1.29, 1.82) is 0 Å². The smallest absolute Gasteiger partial charge is 0.356 e. The molecule has 3 aromatic heterocycles. The van der Waals surface area contributed by atoms with Crippen LogP contribution in [0.2, 0.25) is 0 Å². The van der Waals surface area contributed by atoms with Gasteiger partial charge in [0.05, 0.1) is 123 Å². The van der Waals surface area contributed by atoms with Crippen LogP contribution in [0.5, 0.6) is 46.0 Å². The molecule has 3 aromatic carbocycles. The highest BCUT2D eigenvalue weighted by molar-refractivity contribution is 5.92. The van der Waals surface area contributed by atoms with Gasteiger partial charge in [0.25, 0.3) is 5.69 Å². The second kappa shape index (κ2) is 34.4. The average molecular weight is 1260 g/mol. The second-order valence-corrected chi connectivity index (χ2v) is 21.4. The van der Waals surface area contributed by atoms with Crippen LogP contribution in [0.1, 0.15) is 102 Å². The molecule has 0 bridgehead atoms. The van der Waals surface area contributed by atoms with Gasteiger partial charge in [-0.2, -0.15) is 0 Å². The predicted molar refractivity (Wildman–Crippen MR) is 340 cm³/mol. The van der Waals surface area contributed by atoms with E-state index in [0.717, 1.165) is 25.7 Å². The van der Waals surface area contributed by atoms with Crippen LogP contribution >= 0.6 is 0 Å². The quantitative estimate of drug-likeness (QED) is 0.0129. The Morgan fingerprint density at radius 3 is 1.16 bits per heavy atom. The van der Waals surface area contributed by atoms with Gasteiger partial charge in [0.1, 0.15) is 68.6 Å². The first-order valence-corrected chi connectivity index (χ1v) is 30.4. The molecule has 0 spiro atoms. The van der Waals surface area contributed by atoms with Crippen LogP contribution in [0.25, 0.3) is 33.4 Å². The molecule has 0 aliphatic carbocycles. The summed E-state index contributed by atoms with van der Waals surface area (Å²) in [6.07, 6.45) is 4.05. The van der Waals surface area contributed by atoms with E-state index in [1.807, 2.05) is 12.1 Å². The molecule has 0 N–H and O–H groups in total. The van der Waals surface area contributed by atoms with Gasteiger partial charge < -0.3 is 56.8 Å². The lowest BCUT2D eigenvalue weighted by Crippen LogP contribution is -2.46. The Morgan fingerprint density at radius 1 is 0.462 bits per heavy atom. The minimum absolute atomic E-state index is 0.0543. The van der Waals surface area contributed by atoms with Gasteiger partial charge >= 0.3 is 17.9 Å². The van der Waals surface area contributed by atoms with Crippen molar-refractivity contribution in [3.05, 3.63) is 117 Å². The van der Waals surface area contributed by atoms with Gasteiger partial charge in [-0.05, 0) is 80.3 Å². The summed E-state index contributed by atoms with van der Waals surface area (Å²) in [6.45, 7) is 11.8. The van der Waals surface area contributed by atoms with E-state index in [1.54, 1.807) is 112 Å². The largest absolute Gasteiger partial charge is 0.496 e. The van der Waals surface area contributed by atoms with Crippen molar-refractivity contribution < 1.29 is 76.1 Å². The van der Waals surface area contributed by atoms with Crippen molar-refractivity contribution in [2.45, 2.75) is 73.0 Å². The maximum Gasteiger partial charge on any atom is 0.356 e. The first-order valence-electron chi connectivity index (χ1n) is 30.4. The minimum Gasteiger partial charge on any atom is -0.496 e. The summed E-state index contributed by atoms with van der Waals surface area (Å²) in [6, 6.07) is 20.1. The molecule has 4 heterocycles. The van der Waals surface area contributed by atoms with Gasteiger partial charge in [-0.3, -0.25) is 24.8 Å². The second-order valence-electron chi connectivity index (χ2n) is 21.4. The number of hydrogen-bond donors (Lipinski definition) is 0. The molecule has 24 heteroatoms. The molecule has 0 radical (unpaired) electrons. The van der Waals surface area contributed by atoms with E-state index >= 15 is 0 Å². The first kappa shape index (κ1) is 69.6. The van der Waals surface area contributed by atoms with Gasteiger partial charge in [-0.15, -0.1) is 0 Å². The van der Waals surface area contributed by atoms with E-state index in [1.165, 1.54) is 26.4 Å². The summed E-state index contributed by atoms with van der Waals surface area (Å²) in [5, 5.41) is 12.8. The molecule has 7 rings (SSSR count). The molecule has 24 nitrogen and oxygen atoms in total. The zero-order chi connectivity index (χ0) is 65.6. The molecule has 1 aliphatic rings. The summed E-state index contributed by atoms with van der Waals surface area (Å²) in [5.41, 5.74) is 4.01. The number of pyridine rings is 3. The van der Waals surface area contributed by atoms with E-state index in [0.29, 0.717) is 132 Å². The summed E-state index contributed by atoms with van der Waals surface area (Å²) in [7, 11) is 12.1. The average Bonchev–Trinajstić information content (AvgIpc) is 0.839. The van der Waals surface area contributed by atoms with Crippen LogP contribution in [-0.4, -0.2) is 182 Å². The molecule has 0 amide bonds. The fourth-order valence-electron chi connectivity index (χ4n) is 11.0. The lowest BCUT2D eigenvalue weighted by atomic mass is 10.0. The number of carbonyl (C=O) groups excluding carboxylic acids is 3. The maximum atomic E-state index is 13.8. The van der Waals surface area contributed by atoms with E-state index in [2.05, 4.69) is 21.6 Å². The van der Waals surface area contributed by atoms with E-state index in [4.69, 9.17) is 71.8 Å². The number of nitro groups is 1. The lowest BCUT2D eigenvalue weighted by Gasteiger charge is -2.36. The molecule has 91 heavy (non-hydrogen) atoms. The third-order valence-electron chi connectivity index (χ3n) is 15.2. The van der Waals surface area contributed by atoms with Crippen molar-refractivity contribution in [2.24, 2.45) is 5.92 Å². The Balaban J connectivity index is 1.40. The van der Waals surface area contributed by atoms with Crippen molar-refractivity contribution in [3.8, 4) is 79.4 Å². The summed E-state index contributed by atoms with van der Waals surface area (Å²) < 4.78 is 69.2. The molecular formula is C67H85N7O17. The zero-order valence-electron chi connectivity index (χ0n) is 54.3. The maximum absolute atomic E-state index is 13.8. The standard InChI is InChI=1S/C67H85N7O17/c1-13-17-18-19-24-88-42-43-37-72(40-48-25-44(28-53(69-48)65(75)89-14-2)62-56(74(78)79)31-50(80-5)32-57(62)83-8)22-20-71(39-47-26-45(29-54(68-47)66(76)90-15-3)63-58(84-9)33-51(81-6)34-59(63)85-10)21-23-73(38-43)41-49-27-46(30-55(70-49)67(77)91-16-4)64-60(86-11)35-52(82-7)36-61(64)87-12/h25-36,43H,13-24,37-42H2,1-12H3. The number of esters is 3. The molecule has 1 saturated heterocycles. The Bertz CT molecular complexity index is 3410. The van der Waals surface area contributed by atoms with Crippen molar-refractivity contribution in [1.82, 2.24) is 29.7 Å². The van der Waals surface area contributed by atoms with Crippen LogP contribution in [0.15, 0.2) is 72.8 Å². The van der Waals surface area contributed by atoms with Gasteiger partial charge in [-0.25, -0.2) is 29.3 Å². The number of hydrogen-bond acceptors (Lipinski definition) is 23. The van der Waals surface area contributed by atoms with Gasteiger partial charge in [0, 0.05) is 102 Å². The van der Waals surface area contributed by atoms with Gasteiger partial charge in [0.2, 0.25) is 0 Å². The fourth-order valence-corrected chi connectivity index (χ4v) is 11.0. The molecule has 1 fully saturated rings. The Morgan fingerprint density at radius 2 is 0.813 bits per heavy atom. The van der Waals surface area contributed by atoms with Crippen LogP contribution in [0.4, 0.5) is 5.69 Å². The SMILES string of the molecule is CCCCCCOCC1CN(Cc2cc(-c3c(OC)cc(OC)cc3OC)cc(C(=O)OCC)n2)CCN(Cc2cc(-c3c(OC)cc(OC)cc3OC)cc(C(=O)OCC)n2)CCN(Cc2cc(-c3c(OC)cc(OC)cc3[N+](=O)[O-])cc(C(=O)OCC)n2)C1. The number of methoxy groups -OCH3 is 8. The number of nitrogens with zero attached hydrogens (tertiary/aromatic N) is 7. The highest BCUT2D eigenvalue weighted by Crippen LogP contribution is 2.45. The molecular weight excluding hydrogens is 1170 g/mol. The van der Waals surface area contributed by atoms with Crippen LogP contribution in [0, 0.1) is 16.0 Å². The van der Waals surface area contributed by atoms with E-state index in [-0.39, 0.29) is 85.2 Å². The molecule has 490 valence electrons. The number of carbonyl (C=O) groups is 3. The highest BCUT2D eigenvalue weighted by atomic mass is 16.6. The lowest BCUT2D eigenvalue weighted by molar-refractivity contribution is -0.384. The molecule has 1 atom stereocenters. The minimum atomic E-state index is -0.715. The van der Waals surface area contributed by atoms with E-state index < -0.39 is 22.8 Å². The van der Waals surface area contributed by atoms with Crippen molar-refractivity contribution in [2.75, 3.05) is 129 Å². The third-order valence-corrected chi connectivity index (χ3v) is 15.2. The van der Waals surface area contributed by atoms with Gasteiger partial charge in [0.15, 0.2) is 0 Å². The Hall–Kier alpha value is -8.84. The number of ether oxygens (including phenoxy) is 12. The number of unbranched alkanes of at least 4 members (excludes halogenated alkanes) is 3. The summed E-state index contributed by atoms with van der Waals surface area (Å²) in [4.78, 5) is 75.2. The van der Waals surface area contributed by atoms with E-state index in [9.17, 15) is 24.5 Å². The Kier molecular flexibility index (Phi) is 26.3. The van der Waals surface area contributed by atoms with Crippen LogP contribution in [-0.2, 0) is 38.6 Å². The monoisotopic (exact) mass is 1260 g/mol. The fraction of sp³-hybridized carbons (Fsp3) is 0.463. The third kappa shape index (κ3) is 18.4. The highest BCUT2D eigenvalue weighted by Gasteiger charge is 2.30. The number of aromatic nitrogens is 3. The predicted octanol–water partition coefficient (Wildman–Crippen LogP) is 10.4. The Labute approximate surface area is 532 Å². The summed E-state index contributed by atoms with van der Waals surface area (Å²) >= 11 is 0. The molecule has 6 aromatic rings. The molecule has 1 aliphatic heterocycles. The van der Waals surface area contributed by atoms with Crippen molar-refractivity contribution in [3.63, 3.8) is 0 Å². The first-order chi connectivity index (χ1) is 44.1. The van der Waals surface area contributed by atoms with Crippen molar-refractivity contribution >= 4 is 23.6 Å².